The van der Waals surface area contributed by atoms with Crippen molar-refractivity contribution in [3.63, 3.8) is 0 Å². The van der Waals surface area contributed by atoms with E-state index in [4.69, 9.17) is 4.74 Å². The minimum Gasteiger partial charge on any atom is -0.494 e. The normalized spacial score (nSPS) is 14.0. The molecule has 0 atom stereocenters. The summed E-state index contributed by atoms with van der Waals surface area (Å²) in [5.74, 6) is 1.20. The van der Waals surface area contributed by atoms with E-state index in [9.17, 15) is 9.59 Å². The fourth-order valence-electron chi connectivity index (χ4n) is 4.74. The topological polar surface area (TPSA) is 89.3 Å². The van der Waals surface area contributed by atoms with E-state index in [1.807, 2.05) is 78.6 Å². The molecule has 2 aromatic heterocycles. The lowest BCUT2D eigenvalue weighted by Crippen LogP contribution is -2.43. The number of hydrogen-bond acceptors (Lipinski definition) is 6. The van der Waals surface area contributed by atoms with Crippen LogP contribution in [0.3, 0.4) is 0 Å². The van der Waals surface area contributed by atoms with Gasteiger partial charge in [-0.15, -0.1) is 0 Å². The minimum atomic E-state index is -0.159. The van der Waals surface area contributed by atoms with Crippen LogP contribution in [0.4, 0.5) is 5.82 Å². The number of aromatic nitrogens is 3. The molecule has 190 valence electrons. The van der Waals surface area contributed by atoms with E-state index in [1.165, 1.54) is 0 Å². The summed E-state index contributed by atoms with van der Waals surface area (Å²) < 4.78 is 7.17. The Morgan fingerprint density at radius 3 is 2.49 bits per heavy atom. The number of amides is 1. The molecule has 8 heteroatoms. The Labute approximate surface area is 215 Å². The first-order chi connectivity index (χ1) is 18.1. The standard InChI is InChI=1S/C29H31N5O3/c1-2-37-24-12-10-21(11-13-24)19-31-28(35)23-14-17-33(18-15-23)27-29(36)34(20-22-7-4-3-5-8-22)26-25(32-27)9-6-16-30-26/h3-13,16,23H,2,14-15,17-20H2,1H3,(H,31,35). The third-order valence-electron chi connectivity index (χ3n) is 6.73. The van der Waals surface area contributed by atoms with E-state index < -0.39 is 0 Å². The highest BCUT2D eigenvalue weighted by Gasteiger charge is 2.27. The van der Waals surface area contributed by atoms with E-state index in [2.05, 4.69) is 15.3 Å². The number of nitrogens with zero attached hydrogens (tertiary/aromatic N) is 4. The van der Waals surface area contributed by atoms with Crippen molar-refractivity contribution in [3.8, 4) is 5.75 Å². The fraction of sp³-hybridized carbons (Fsp3) is 0.310. The van der Waals surface area contributed by atoms with Crippen LogP contribution in [0.15, 0.2) is 77.7 Å². The van der Waals surface area contributed by atoms with Gasteiger partial charge in [-0.05, 0) is 55.2 Å². The number of hydrogen-bond donors (Lipinski definition) is 1. The Balaban J connectivity index is 1.26. The first-order valence-electron chi connectivity index (χ1n) is 12.8. The van der Waals surface area contributed by atoms with Gasteiger partial charge in [0.2, 0.25) is 5.91 Å². The number of anilines is 1. The number of carbonyl (C=O) groups is 1. The van der Waals surface area contributed by atoms with Crippen LogP contribution in [0.5, 0.6) is 5.75 Å². The van der Waals surface area contributed by atoms with Crippen molar-refractivity contribution < 1.29 is 9.53 Å². The number of rotatable bonds is 8. The molecule has 0 bridgehead atoms. The summed E-state index contributed by atoms with van der Waals surface area (Å²) in [5, 5.41) is 3.06. The first-order valence-corrected chi connectivity index (χ1v) is 12.8. The van der Waals surface area contributed by atoms with Gasteiger partial charge in [0.25, 0.3) is 5.56 Å². The number of nitrogens with one attached hydrogen (secondary N) is 1. The second-order valence-corrected chi connectivity index (χ2v) is 9.21. The van der Waals surface area contributed by atoms with Gasteiger partial charge < -0.3 is 15.0 Å². The lowest BCUT2D eigenvalue weighted by Gasteiger charge is -2.32. The molecule has 0 aliphatic carbocycles. The molecule has 1 fully saturated rings. The average Bonchev–Trinajstić information content (AvgIpc) is 2.95. The molecule has 0 unspecified atom stereocenters. The van der Waals surface area contributed by atoms with Crippen LogP contribution < -0.4 is 20.5 Å². The number of piperidine rings is 1. The number of benzene rings is 2. The monoisotopic (exact) mass is 497 g/mol. The lowest BCUT2D eigenvalue weighted by molar-refractivity contribution is -0.125. The fourth-order valence-corrected chi connectivity index (χ4v) is 4.74. The van der Waals surface area contributed by atoms with Crippen LogP contribution in [0, 0.1) is 5.92 Å². The molecule has 0 saturated carbocycles. The van der Waals surface area contributed by atoms with Gasteiger partial charge in [0.05, 0.1) is 13.2 Å². The number of carbonyl (C=O) groups excluding carboxylic acids is 1. The first kappa shape index (κ1) is 24.5. The summed E-state index contributed by atoms with van der Waals surface area (Å²) in [6, 6.07) is 21.4. The molecule has 1 saturated heterocycles. The molecule has 4 aromatic rings. The summed E-state index contributed by atoms with van der Waals surface area (Å²) >= 11 is 0. The second kappa shape index (κ2) is 11.2. The average molecular weight is 498 g/mol. The van der Waals surface area contributed by atoms with Gasteiger partial charge in [-0.25, -0.2) is 9.97 Å². The zero-order valence-corrected chi connectivity index (χ0v) is 21.0. The third-order valence-corrected chi connectivity index (χ3v) is 6.73. The van der Waals surface area contributed by atoms with Crippen LogP contribution in [-0.2, 0) is 17.9 Å². The van der Waals surface area contributed by atoms with Crippen LogP contribution in [0.25, 0.3) is 11.2 Å². The molecule has 1 aliphatic rings. The molecule has 8 nitrogen and oxygen atoms in total. The highest BCUT2D eigenvalue weighted by molar-refractivity contribution is 5.79. The molecule has 3 heterocycles. The highest BCUT2D eigenvalue weighted by Crippen LogP contribution is 2.22. The zero-order valence-electron chi connectivity index (χ0n) is 21.0. The minimum absolute atomic E-state index is 0.0469. The maximum absolute atomic E-state index is 13.6. The molecule has 0 radical (unpaired) electrons. The van der Waals surface area contributed by atoms with Gasteiger partial charge in [-0.1, -0.05) is 42.5 Å². The Hall–Kier alpha value is -4.20. The lowest BCUT2D eigenvalue weighted by atomic mass is 9.96. The van der Waals surface area contributed by atoms with Gasteiger partial charge in [-0.2, -0.15) is 0 Å². The molecule has 1 N–H and O–H groups in total. The maximum atomic E-state index is 13.6. The maximum Gasteiger partial charge on any atom is 0.295 e. The summed E-state index contributed by atoms with van der Waals surface area (Å²) in [5.41, 5.74) is 3.15. The second-order valence-electron chi connectivity index (χ2n) is 9.21. The Morgan fingerprint density at radius 1 is 1.00 bits per heavy atom. The molecule has 37 heavy (non-hydrogen) atoms. The van der Waals surface area contributed by atoms with E-state index in [0.717, 1.165) is 16.9 Å². The highest BCUT2D eigenvalue weighted by atomic mass is 16.5. The number of ether oxygens (including phenoxy) is 1. The largest absolute Gasteiger partial charge is 0.494 e. The Morgan fingerprint density at radius 2 is 1.76 bits per heavy atom. The predicted molar refractivity (Wildman–Crippen MR) is 144 cm³/mol. The van der Waals surface area contributed by atoms with Crippen molar-refractivity contribution >= 4 is 22.9 Å². The smallest absolute Gasteiger partial charge is 0.295 e. The van der Waals surface area contributed by atoms with E-state index >= 15 is 0 Å². The molecule has 2 aromatic carbocycles. The molecular formula is C29H31N5O3. The molecule has 5 rings (SSSR count). The van der Waals surface area contributed by atoms with Gasteiger partial charge in [-0.3, -0.25) is 14.2 Å². The van der Waals surface area contributed by atoms with Crippen molar-refractivity contribution in [1.82, 2.24) is 19.9 Å². The predicted octanol–water partition coefficient (Wildman–Crippen LogP) is 3.77. The summed E-state index contributed by atoms with van der Waals surface area (Å²) in [4.78, 5) is 37.5. The third kappa shape index (κ3) is 5.63. The van der Waals surface area contributed by atoms with Crippen LogP contribution in [0.2, 0.25) is 0 Å². The summed E-state index contributed by atoms with van der Waals surface area (Å²) in [6.45, 7) is 4.68. The Kier molecular flexibility index (Phi) is 7.44. The van der Waals surface area contributed by atoms with Gasteiger partial charge in [0, 0.05) is 31.7 Å². The molecule has 0 spiro atoms. The van der Waals surface area contributed by atoms with Crippen molar-refractivity contribution in [2.45, 2.75) is 32.9 Å². The summed E-state index contributed by atoms with van der Waals surface area (Å²) in [6.07, 6.45) is 3.02. The van der Waals surface area contributed by atoms with E-state index in [-0.39, 0.29) is 17.4 Å². The Bertz CT molecular complexity index is 1410. The van der Waals surface area contributed by atoms with Crippen molar-refractivity contribution in [2.24, 2.45) is 5.92 Å². The molecular weight excluding hydrogens is 466 g/mol. The van der Waals surface area contributed by atoms with Crippen LogP contribution in [0.1, 0.15) is 30.9 Å². The molecule has 1 amide bonds. The van der Waals surface area contributed by atoms with E-state index in [1.54, 1.807) is 10.8 Å². The van der Waals surface area contributed by atoms with Crippen molar-refractivity contribution in [3.05, 3.63) is 94.4 Å². The van der Waals surface area contributed by atoms with Crippen molar-refractivity contribution in [2.75, 3.05) is 24.6 Å². The summed E-state index contributed by atoms with van der Waals surface area (Å²) in [7, 11) is 0. The van der Waals surface area contributed by atoms with Crippen LogP contribution in [-0.4, -0.2) is 40.1 Å². The number of pyridine rings is 1. The quantitative estimate of drug-likeness (QED) is 0.399. The van der Waals surface area contributed by atoms with E-state index in [0.29, 0.717) is 62.6 Å². The van der Waals surface area contributed by atoms with Gasteiger partial charge in [0.15, 0.2) is 11.5 Å². The van der Waals surface area contributed by atoms with Gasteiger partial charge >= 0.3 is 0 Å². The van der Waals surface area contributed by atoms with Gasteiger partial charge in [0.1, 0.15) is 11.3 Å². The van der Waals surface area contributed by atoms with Crippen molar-refractivity contribution in [1.29, 1.82) is 0 Å². The number of fused-ring (bicyclic) bond motifs is 1. The van der Waals surface area contributed by atoms with Crippen LogP contribution >= 0.6 is 0 Å². The SMILES string of the molecule is CCOc1ccc(CNC(=O)C2CCN(c3nc4cccnc4n(Cc4ccccc4)c3=O)CC2)cc1. The molecule has 1 aliphatic heterocycles. The zero-order chi connectivity index (χ0) is 25.6.